The van der Waals surface area contributed by atoms with Gasteiger partial charge in [-0.25, -0.2) is 13.2 Å². The minimum atomic E-state index is -3.96. The highest BCUT2D eigenvalue weighted by Gasteiger charge is 2.19. The quantitative estimate of drug-likeness (QED) is 0.441. The summed E-state index contributed by atoms with van der Waals surface area (Å²) in [6.07, 6.45) is 0.571. The van der Waals surface area contributed by atoms with Crippen molar-refractivity contribution in [1.29, 1.82) is 0 Å². The van der Waals surface area contributed by atoms with E-state index in [-0.39, 0.29) is 27.7 Å². The van der Waals surface area contributed by atoms with Crippen LogP contribution < -0.4 is 15.2 Å². The molecule has 0 saturated carbocycles. The van der Waals surface area contributed by atoms with Crippen molar-refractivity contribution in [1.82, 2.24) is 14.7 Å². The predicted octanol–water partition coefficient (Wildman–Crippen LogP) is 3.05. The molecule has 0 aliphatic carbocycles. The topological polar surface area (TPSA) is 129 Å². The number of sulfonamides is 1. The van der Waals surface area contributed by atoms with Gasteiger partial charge in [-0.05, 0) is 30.3 Å². The van der Waals surface area contributed by atoms with Crippen LogP contribution in [0.25, 0.3) is 11.1 Å². The minimum Gasteiger partial charge on any atom is -0.495 e. The summed E-state index contributed by atoms with van der Waals surface area (Å²) in [5.41, 5.74) is 0.771. The molecule has 0 unspecified atom stereocenters. The highest BCUT2D eigenvalue weighted by Crippen LogP contribution is 2.29. The summed E-state index contributed by atoms with van der Waals surface area (Å²) >= 11 is 6.05. The lowest BCUT2D eigenvalue weighted by Crippen LogP contribution is -2.15. The van der Waals surface area contributed by atoms with Crippen LogP contribution >= 0.6 is 11.6 Å². The number of nitrogens with zero attached hydrogens (tertiary/aromatic N) is 3. The fourth-order valence-corrected chi connectivity index (χ4v) is 4.27. The predicted molar refractivity (Wildman–Crippen MR) is 112 cm³/mol. The summed E-state index contributed by atoms with van der Waals surface area (Å²) in [6.45, 7) is 1.90. The third kappa shape index (κ3) is 4.14. The normalized spacial score (nSPS) is 11.7. The van der Waals surface area contributed by atoms with E-state index in [1.54, 1.807) is 6.07 Å². The van der Waals surface area contributed by atoms with Crippen molar-refractivity contribution >= 4 is 38.4 Å². The van der Waals surface area contributed by atoms with Crippen molar-refractivity contribution in [3.05, 3.63) is 63.7 Å². The molecular formula is C19H17ClN4O6S. The van der Waals surface area contributed by atoms with Crippen LogP contribution in [0.5, 0.6) is 5.75 Å². The van der Waals surface area contributed by atoms with Crippen molar-refractivity contribution in [2.75, 3.05) is 11.8 Å². The van der Waals surface area contributed by atoms with E-state index in [0.717, 1.165) is 0 Å². The Hall–Kier alpha value is -3.31. The summed E-state index contributed by atoms with van der Waals surface area (Å²) in [7, 11) is -2.50. The number of aryl methyl sites for hydroxylation is 1. The molecule has 10 nitrogen and oxygen atoms in total. The number of ether oxygens (including phenoxy) is 1. The second-order valence-corrected chi connectivity index (χ2v) is 8.59. The zero-order chi connectivity index (χ0) is 22.2. The highest BCUT2D eigenvalue weighted by atomic mass is 35.5. The van der Waals surface area contributed by atoms with Gasteiger partial charge in [0.25, 0.3) is 10.0 Å². The van der Waals surface area contributed by atoms with Crippen LogP contribution in [0.3, 0.4) is 0 Å². The van der Waals surface area contributed by atoms with E-state index in [4.69, 9.17) is 25.3 Å². The van der Waals surface area contributed by atoms with Gasteiger partial charge in [0.2, 0.25) is 5.89 Å². The molecule has 31 heavy (non-hydrogen) atoms. The molecule has 0 aliphatic heterocycles. The monoisotopic (exact) mass is 464 g/mol. The smallest absolute Gasteiger partial charge is 0.420 e. The molecule has 4 rings (SSSR count). The molecule has 1 N–H and O–H groups in total. The average molecular weight is 465 g/mol. The number of fused-ring (bicyclic) bond motifs is 1. The summed E-state index contributed by atoms with van der Waals surface area (Å²) in [5.74, 6) is 0.523. The van der Waals surface area contributed by atoms with E-state index in [1.807, 2.05) is 6.92 Å². The van der Waals surface area contributed by atoms with Gasteiger partial charge in [0, 0.05) is 12.5 Å². The number of nitrogens with one attached hydrogen (secondary N) is 1. The van der Waals surface area contributed by atoms with Gasteiger partial charge in [0.05, 0.1) is 34.8 Å². The van der Waals surface area contributed by atoms with Gasteiger partial charge in [0.15, 0.2) is 11.4 Å². The van der Waals surface area contributed by atoms with Crippen molar-refractivity contribution in [2.24, 2.45) is 0 Å². The molecule has 4 aromatic rings. The first-order valence-electron chi connectivity index (χ1n) is 9.12. The first kappa shape index (κ1) is 20.9. The lowest BCUT2D eigenvalue weighted by Gasteiger charge is -2.10. The van der Waals surface area contributed by atoms with Crippen molar-refractivity contribution in [3.8, 4) is 5.75 Å². The van der Waals surface area contributed by atoms with Crippen LogP contribution in [0.2, 0.25) is 5.02 Å². The Balaban J connectivity index is 1.64. The van der Waals surface area contributed by atoms with Gasteiger partial charge in [-0.1, -0.05) is 23.7 Å². The van der Waals surface area contributed by atoms with E-state index in [9.17, 15) is 13.2 Å². The maximum absolute atomic E-state index is 12.8. The number of anilines is 1. The van der Waals surface area contributed by atoms with Gasteiger partial charge < -0.3 is 13.7 Å². The Bertz CT molecular complexity index is 1420. The zero-order valence-corrected chi connectivity index (χ0v) is 18.0. The molecule has 0 atom stereocenters. The van der Waals surface area contributed by atoms with Crippen LogP contribution in [-0.2, 0) is 23.0 Å². The van der Waals surface area contributed by atoms with Crippen LogP contribution in [0, 0.1) is 0 Å². The fraction of sp³-hybridized carbons (Fsp3) is 0.211. The largest absolute Gasteiger partial charge is 0.495 e. The summed E-state index contributed by atoms with van der Waals surface area (Å²) < 4.78 is 44.6. The van der Waals surface area contributed by atoms with Gasteiger partial charge in [-0.3, -0.25) is 9.29 Å². The van der Waals surface area contributed by atoms with E-state index < -0.39 is 15.8 Å². The third-order valence-electron chi connectivity index (χ3n) is 4.47. The fourth-order valence-electron chi connectivity index (χ4n) is 2.95. The van der Waals surface area contributed by atoms with E-state index >= 15 is 0 Å². The summed E-state index contributed by atoms with van der Waals surface area (Å²) in [4.78, 5) is 16.4. The molecule has 0 radical (unpaired) electrons. The van der Waals surface area contributed by atoms with Crippen LogP contribution in [-0.4, -0.2) is 30.2 Å². The maximum atomic E-state index is 12.8. The Morgan fingerprint density at radius 3 is 2.71 bits per heavy atom. The molecule has 162 valence electrons. The number of benzene rings is 2. The maximum Gasteiger partial charge on any atom is 0.420 e. The molecule has 2 aromatic heterocycles. The molecule has 2 aromatic carbocycles. The van der Waals surface area contributed by atoms with E-state index in [0.29, 0.717) is 29.4 Å². The SMILES string of the molecule is CCc1nc(Cn2c(=O)oc3cc(S(=O)(=O)Nc4ccc(OC)c(Cl)c4)ccc32)no1. The van der Waals surface area contributed by atoms with Crippen LogP contribution in [0.1, 0.15) is 18.6 Å². The standard InChI is InChI=1S/C19H17ClN4O6S/c1-3-18-21-17(22-30-18)10-24-14-6-5-12(9-16(14)29-19(24)25)31(26,27)23-11-4-7-15(28-2)13(20)8-11/h4-9,23H,3,10H2,1-2H3. The number of rotatable bonds is 7. The minimum absolute atomic E-state index is 0.0318. The van der Waals surface area contributed by atoms with E-state index in [2.05, 4.69) is 14.9 Å². The average Bonchev–Trinajstić information content (AvgIpc) is 3.32. The Kier molecular flexibility index (Phi) is 5.46. The van der Waals surface area contributed by atoms with Gasteiger partial charge in [-0.15, -0.1) is 0 Å². The number of hydrogen-bond donors (Lipinski definition) is 1. The van der Waals surface area contributed by atoms with Crippen molar-refractivity contribution in [2.45, 2.75) is 24.8 Å². The van der Waals surface area contributed by atoms with Crippen LogP contribution in [0.15, 0.2) is 55.0 Å². The molecule has 0 bridgehead atoms. The first-order valence-corrected chi connectivity index (χ1v) is 11.0. The zero-order valence-electron chi connectivity index (χ0n) is 16.5. The molecule has 0 amide bonds. The third-order valence-corrected chi connectivity index (χ3v) is 6.14. The molecular weight excluding hydrogens is 448 g/mol. The Morgan fingerprint density at radius 1 is 1.23 bits per heavy atom. The number of hydrogen-bond acceptors (Lipinski definition) is 8. The summed E-state index contributed by atoms with van der Waals surface area (Å²) in [5, 5.41) is 4.08. The molecule has 0 aliphatic rings. The highest BCUT2D eigenvalue weighted by molar-refractivity contribution is 7.92. The lowest BCUT2D eigenvalue weighted by molar-refractivity contribution is 0.375. The number of oxazole rings is 1. The van der Waals surface area contributed by atoms with Gasteiger partial charge in [0.1, 0.15) is 5.75 Å². The molecule has 2 heterocycles. The lowest BCUT2D eigenvalue weighted by atomic mass is 10.3. The Morgan fingerprint density at radius 2 is 2.03 bits per heavy atom. The Labute approximate surface area is 181 Å². The number of methoxy groups -OCH3 is 1. The van der Waals surface area contributed by atoms with Gasteiger partial charge >= 0.3 is 5.76 Å². The number of aromatic nitrogens is 3. The first-order chi connectivity index (χ1) is 14.8. The van der Waals surface area contributed by atoms with Gasteiger partial charge in [-0.2, -0.15) is 4.98 Å². The van der Waals surface area contributed by atoms with Crippen LogP contribution in [0.4, 0.5) is 5.69 Å². The second-order valence-electron chi connectivity index (χ2n) is 6.50. The molecule has 0 fully saturated rings. The second kappa shape index (κ2) is 8.08. The van der Waals surface area contributed by atoms with Crippen molar-refractivity contribution in [3.63, 3.8) is 0 Å². The molecule has 0 spiro atoms. The van der Waals surface area contributed by atoms with E-state index in [1.165, 1.54) is 42.0 Å². The molecule has 12 heteroatoms. The van der Waals surface area contributed by atoms with Crippen molar-refractivity contribution < 1.29 is 22.1 Å². The number of halogens is 1. The molecule has 0 saturated heterocycles. The summed E-state index contributed by atoms with van der Waals surface area (Å²) in [6, 6.07) is 8.62.